The van der Waals surface area contributed by atoms with Gasteiger partial charge in [-0.2, -0.15) is 0 Å². The van der Waals surface area contributed by atoms with E-state index >= 15 is 0 Å². The number of carbonyl (C=O) groups is 1. The summed E-state index contributed by atoms with van der Waals surface area (Å²) < 4.78 is 41.2. The van der Waals surface area contributed by atoms with Gasteiger partial charge in [-0.05, 0) is 13.8 Å². The van der Waals surface area contributed by atoms with Gasteiger partial charge in [-0.3, -0.25) is 19.1 Å². The first kappa shape index (κ1) is 23.2. The van der Waals surface area contributed by atoms with Crippen LogP contribution in [0.1, 0.15) is 18.3 Å². The summed E-state index contributed by atoms with van der Waals surface area (Å²) in [6.45, 7) is 6.12. The Morgan fingerprint density at radius 3 is 2.59 bits per heavy atom. The van der Waals surface area contributed by atoms with E-state index < -0.39 is 23.6 Å². The first-order valence-electron chi connectivity index (χ1n) is 11.8. The number of carbonyl (C=O) groups excluding carboxylic acids is 1. The number of amides is 1. The van der Waals surface area contributed by atoms with Crippen LogP contribution in [-0.2, 0) is 16.1 Å². The van der Waals surface area contributed by atoms with Crippen molar-refractivity contribution >= 4 is 23.2 Å². The van der Waals surface area contributed by atoms with Crippen molar-refractivity contribution in [2.75, 3.05) is 36.1 Å². The van der Waals surface area contributed by atoms with Crippen molar-refractivity contribution in [2.24, 2.45) is 0 Å². The fourth-order valence-electron chi connectivity index (χ4n) is 4.58. The maximum absolute atomic E-state index is 14.5. The Labute approximate surface area is 210 Å². The number of aryl methyl sites for hydroxylation is 1. The number of hydrogen-bond acceptors (Lipinski definition) is 8. The maximum Gasteiger partial charge on any atom is 0.268 e. The summed E-state index contributed by atoms with van der Waals surface area (Å²) in [5.41, 5.74) is 3.25. The lowest BCUT2D eigenvalue weighted by Gasteiger charge is -2.33. The molecule has 37 heavy (non-hydrogen) atoms. The highest BCUT2D eigenvalue weighted by Gasteiger charge is 2.35. The largest absolute Gasteiger partial charge is 0.476 e. The molecule has 12 heteroatoms. The van der Waals surface area contributed by atoms with Crippen LogP contribution in [0.4, 0.5) is 20.4 Å². The molecule has 2 aliphatic rings. The van der Waals surface area contributed by atoms with Crippen LogP contribution in [0.2, 0.25) is 0 Å². The zero-order valence-electron chi connectivity index (χ0n) is 20.2. The second kappa shape index (κ2) is 9.04. The summed E-state index contributed by atoms with van der Waals surface area (Å²) in [6, 6.07) is 1.84. The van der Waals surface area contributed by atoms with Gasteiger partial charge in [0.1, 0.15) is 5.82 Å². The van der Waals surface area contributed by atoms with Crippen LogP contribution in [0.5, 0.6) is 5.75 Å². The molecule has 1 amide bonds. The topological polar surface area (TPSA) is 98.0 Å². The van der Waals surface area contributed by atoms with Crippen molar-refractivity contribution in [3.05, 3.63) is 59.9 Å². The van der Waals surface area contributed by atoms with Gasteiger partial charge in [0.2, 0.25) is 5.95 Å². The molecule has 5 heterocycles. The monoisotopic (exact) mass is 507 g/mol. The molecule has 0 saturated carbocycles. The van der Waals surface area contributed by atoms with Gasteiger partial charge in [-0.25, -0.2) is 23.7 Å². The van der Waals surface area contributed by atoms with Crippen LogP contribution in [0.15, 0.2) is 36.9 Å². The summed E-state index contributed by atoms with van der Waals surface area (Å²) in [5.74, 6) is -1.59. The van der Waals surface area contributed by atoms with Crippen molar-refractivity contribution in [1.29, 1.82) is 0 Å². The first-order chi connectivity index (χ1) is 17.9. The number of ether oxygens (including phenoxy) is 2. The van der Waals surface area contributed by atoms with E-state index in [2.05, 4.69) is 24.8 Å². The number of morpholine rings is 1. The van der Waals surface area contributed by atoms with Crippen molar-refractivity contribution < 1.29 is 23.0 Å². The van der Waals surface area contributed by atoms with Crippen LogP contribution in [0.25, 0.3) is 16.9 Å². The summed E-state index contributed by atoms with van der Waals surface area (Å²) in [7, 11) is 0. The van der Waals surface area contributed by atoms with Crippen molar-refractivity contribution in [3.63, 3.8) is 0 Å². The van der Waals surface area contributed by atoms with Crippen LogP contribution in [0, 0.1) is 18.6 Å². The Balaban J connectivity index is 1.36. The minimum atomic E-state index is -0.925. The zero-order chi connectivity index (χ0) is 25.7. The standard InChI is InChI=1S/C25H23F2N7O3/c1-14-21(13-34-20-8-17(26)7-18(27)23(20)37-15(2)24(34)35)33-12-19(28-11-22(33)31-14)16-9-29-25(30-10-16)32-3-5-36-6-4-32/h7-12,15H,3-6,13H2,1-2H3/t15-/m1/s1. The van der Waals surface area contributed by atoms with E-state index in [0.717, 1.165) is 25.2 Å². The molecule has 6 rings (SSSR count). The lowest BCUT2D eigenvalue weighted by molar-refractivity contribution is -0.125. The lowest BCUT2D eigenvalue weighted by Crippen LogP contribution is -2.44. The fourth-order valence-corrected chi connectivity index (χ4v) is 4.58. The van der Waals surface area contributed by atoms with Gasteiger partial charge >= 0.3 is 0 Å². The smallest absolute Gasteiger partial charge is 0.268 e. The van der Waals surface area contributed by atoms with Gasteiger partial charge in [0.05, 0.1) is 48.7 Å². The molecule has 0 aliphatic carbocycles. The lowest BCUT2D eigenvalue weighted by atomic mass is 10.1. The molecule has 0 bridgehead atoms. The average Bonchev–Trinajstić information content (AvgIpc) is 3.22. The number of benzene rings is 1. The van der Waals surface area contributed by atoms with Crippen LogP contribution < -0.4 is 14.5 Å². The Morgan fingerprint density at radius 1 is 1.08 bits per heavy atom. The fraction of sp³-hybridized carbons (Fsp3) is 0.320. The molecular weight excluding hydrogens is 484 g/mol. The maximum atomic E-state index is 14.5. The predicted octanol–water partition coefficient (Wildman–Crippen LogP) is 2.92. The Hall–Kier alpha value is -4.19. The SMILES string of the molecule is Cc1nc2cnc(-c3cnc(N4CCOCC4)nc3)cn2c1CN1C(=O)[C@@H](C)Oc2c(F)cc(F)cc21. The Morgan fingerprint density at radius 2 is 1.84 bits per heavy atom. The third-order valence-corrected chi connectivity index (χ3v) is 6.53. The molecule has 0 spiro atoms. The molecule has 1 fully saturated rings. The summed E-state index contributed by atoms with van der Waals surface area (Å²) in [5, 5.41) is 0. The molecule has 0 radical (unpaired) electrons. The Bertz CT molecular complexity index is 1500. The molecule has 190 valence electrons. The highest BCUT2D eigenvalue weighted by molar-refractivity contribution is 5.99. The summed E-state index contributed by atoms with van der Waals surface area (Å²) >= 11 is 0. The van der Waals surface area contributed by atoms with E-state index in [4.69, 9.17) is 9.47 Å². The molecular formula is C25H23F2N7O3. The van der Waals surface area contributed by atoms with Crippen molar-refractivity contribution in [3.8, 4) is 17.0 Å². The second-order valence-electron chi connectivity index (χ2n) is 8.94. The van der Waals surface area contributed by atoms with Gasteiger partial charge in [0.15, 0.2) is 23.3 Å². The number of fused-ring (bicyclic) bond motifs is 2. The number of nitrogens with zero attached hydrogens (tertiary/aromatic N) is 7. The molecule has 1 saturated heterocycles. The van der Waals surface area contributed by atoms with Crippen LogP contribution >= 0.6 is 0 Å². The summed E-state index contributed by atoms with van der Waals surface area (Å²) in [6.07, 6.45) is 5.92. The highest BCUT2D eigenvalue weighted by Crippen LogP contribution is 2.38. The van der Waals surface area contributed by atoms with Gasteiger partial charge < -0.3 is 14.4 Å². The van der Waals surface area contributed by atoms with E-state index in [0.29, 0.717) is 47.5 Å². The molecule has 3 aromatic heterocycles. The molecule has 2 aliphatic heterocycles. The van der Waals surface area contributed by atoms with E-state index in [-0.39, 0.29) is 18.0 Å². The quantitative estimate of drug-likeness (QED) is 0.416. The number of rotatable bonds is 4. The van der Waals surface area contributed by atoms with E-state index in [1.54, 1.807) is 24.8 Å². The number of halogens is 2. The van der Waals surface area contributed by atoms with Gasteiger partial charge in [0, 0.05) is 49.4 Å². The van der Waals surface area contributed by atoms with Crippen LogP contribution in [-0.4, -0.2) is 62.7 Å². The van der Waals surface area contributed by atoms with Crippen molar-refractivity contribution in [2.45, 2.75) is 26.5 Å². The first-order valence-corrected chi connectivity index (χ1v) is 11.8. The Kier molecular flexibility index (Phi) is 5.67. The van der Waals surface area contributed by atoms with Crippen molar-refractivity contribution in [1.82, 2.24) is 24.3 Å². The average molecular weight is 508 g/mol. The predicted molar refractivity (Wildman–Crippen MR) is 129 cm³/mol. The number of imidazole rings is 1. The number of anilines is 2. The second-order valence-corrected chi connectivity index (χ2v) is 8.94. The molecule has 10 nitrogen and oxygen atoms in total. The molecule has 1 aromatic carbocycles. The van der Waals surface area contributed by atoms with E-state index in [1.807, 2.05) is 11.3 Å². The number of hydrogen-bond donors (Lipinski definition) is 0. The summed E-state index contributed by atoms with van der Waals surface area (Å²) in [4.78, 5) is 34.5. The minimum Gasteiger partial charge on any atom is -0.476 e. The third kappa shape index (κ3) is 4.12. The van der Waals surface area contributed by atoms with E-state index in [1.165, 1.54) is 11.8 Å². The highest BCUT2D eigenvalue weighted by atomic mass is 19.1. The normalized spacial score (nSPS) is 17.7. The van der Waals surface area contributed by atoms with Gasteiger partial charge in [-0.15, -0.1) is 0 Å². The molecule has 1 atom stereocenters. The van der Waals surface area contributed by atoms with E-state index in [9.17, 15) is 13.6 Å². The molecule has 0 N–H and O–H groups in total. The molecule has 0 unspecified atom stereocenters. The minimum absolute atomic E-state index is 0.0331. The molecule has 4 aromatic rings. The van der Waals surface area contributed by atoms with Crippen LogP contribution in [0.3, 0.4) is 0 Å². The van der Waals surface area contributed by atoms with Gasteiger partial charge in [0.25, 0.3) is 5.91 Å². The van der Waals surface area contributed by atoms with Gasteiger partial charge in [-0.1, -0.05) is 0 Å². The zero-order valence-corrected chi connectivity index (χ0v) is 20.2. The third-order valence-electron chi connectivity index (χ3n) is 6.53. The number of aromatic nitrogens is 5.